The maximum atomic E-state index is 12.7. The molecule has 1 rings (SSSR count). The van der Waals surface area contributed by atoms with E-state index < -0.39 is 24.9 Å². The van der Waals surface area contributed by atoms with E-state index in [1.807, 2.05) is 5.32 Å². The van der Waals surface area contributed by atoms with Gasteiger partial charge in [0.25, 0.3) is 11.8 Å². The van der Waals surface area contributed by atoms with Crippen LogP contribution in [0.5, 0.6) is 0 Å². The highest BCUT2D eigenvalue weighted by molar-refractivity contribution is 5.92. The lowest BCUT2D eigenvalue weighted by atomic mass is 10.3. The van der Waals surface area contributed by atoms with Gasteiger partial charge in [0, 0.05) is 0 Å². The highest BCUT2D eigenvalue weighted by Crippen LogP contribution is 2.10. The molecular weight excluding hydrogens is 279 g/mol. The molecule has 1 amide bonds. The Balaban J connectivity index is 0. The monoisotopic (exact) mass is 291 g/mol. The second-order valence-electron chi connectivity index (χ2n) is 3.01. The first kappa shape index (κ1) is 18.4. The first-order valence-corrected chi connectivity index (χ1v) is 4.22. The second-order valence-corrected chi connectivity index (χ2v) is 3.01. The van der Waals surface area contributed by atoms with Crippen molar-refractivity contribution in [1.82, 2.24) is 10.3 Å². The zero-order chi connectivity index (χ0) is 11.5. The van der Waals surface area contributed by atoms with Gasteiger partial charge in [-0.3, -0.25) is 4.79 Å². The van der Waals surface area contributed by atoms with Crippen molar-refractivity contribution >= 4 is 30.7 Å². The number of alkyl halides is 2. The highest BCUT2D eigenvalue weighted by Gasteiger charge is 2.28. The number of rotatable bonds is 4. The van der Waals surface area contributed by atoms with Crippen LogP contribution in [0.1, 0.15) is 16.2 Å². The number of aromatic nitrogens is 1. The summed E-state index contributed by atoms with van der Waals surface area (Å²) in [6.07, 6.45) is 1.07. The predicted molar refractivity (Wildman–Crippen MR) is 62.1 cm³/mol. The lowest BCUT2D eigenvalue weighted by Gasteiger charge is -2.13. The first-order valence-electron chi connectivity index (χ1n) is 4.22. The van der Waals surface area contributed by atoms with E-state index in [2.05, 4.69) is 4.98 Å². The Hall–Kier alpha value is -0.920. The second kappa shape index (κ2) is 7.41. The number of carbonyl (C=O) groups excluding carboxylic acids is 1. The standard InChI is InChI=1S/C8H11F2N3O2.2ClH/c1-5-6(15-4-13-5)7(14)12-3-8(9,10)2-11;;/h4H,2-3,11H2,1H3,(H,12,14);2*1H. The third kappa shape index (κ3) is 5.29. The number of amides is 1. The molecule has 17 heavy (non-hydrogen) atoms. The number of carbonyl (C=O) groups is 1. The first-order chi connectivity index (χ1) is 6.96. The van der Waals surface area contributed by atoms with Crippen molar-refractivity contribution in [1.29, 1.82) is 0 Å². The molecule has 0 saturated heterocycles. The quantitative estimate of drug-likeness (QED) is 0.872. The van der Waals surface area contributed by atoms with Crippen LogP contribution < -0.4 is 11.1 Å². The molecule has 1 aromatic rings. The van der Waals surface area contributed by atoms with E-state index in [-0.39, 0.29) is 30.6 Å². The molecule has 9 heteroatoms. The summed E-state index contributed by atoms with van der Waals surface area (Å²) in [5.41, 5.74) is 5.15. The van der Waals surface area contributed by atoms with Crippen molar-refractivity contribution in [2.75, 3.05) is 13.1 Å². The summed E-state index contributed by atoms with van der Waals surface area (Å²) in [7, 11) is 0. The average molecular weight is 292 g/mol. The Morgan fingerprint density at radius 2 is 2.18 bits per heavy atom. The summed E-state index contributed by atoms with van der Waals surface area (Å²) in [6.45, 7) is -0.0926. The van der Waals surface area contributed by atoms with E-state index in [4.69, 9.17) is 10.2 Å². The molecular formula is C8H13Cl2F2N3O2. The van der Waals surface area contributed by atoms with Crippen molar-refractivity contribution in [3.8, 4) is 0 Å². The summed E-state index contributed by atoms with van der Waals surface area (Å²) in [4.78, 5) is 14.9. The molecule has 0 unspecified atom stereocenters. The van der Waals surface area contributed by atoms with Crippen molar-refractivity contribution in [3.63, 3.8) is 0 Å². The molecule has 0 radical (unpaired) electrons. The number of hydrogen-bond acceptors (Lipinski definition) is 4. The molecule has 0 fully saturated rings. The molecule has 100 valence electrons. The van der Waals surface area contributed by atoms with Crippen molar-refractivity contribution in [2.45, 2.75) is 12.8 Å². The number of hydrogen-bond donors (Lipinski definition) is 2. The summed E-state index contributed by atoms with van der Waals surface area (Å²) in [5.74, 6) is -3.90. The largest absolute Gasteiger partial charge is 0.438 e. The molecule has 3 N–H and O–H groups in total. The Kier molecular flexibility index (Phi) is 8.04. The fraction of sp³-hybridized carbons (Fsp3) is 0.500. The fourth-order valence-corrected chi connectivity index (χ4v) is 0.882. The minimum Gasteiger partial charge on any atom is -0.438 e. The number of nitrogens with one attached hydrogen (secondary N) is 1. The van der Waals surface area contributed by atoms with Crippen LogP contribution in [0.4, 0.5) is 8.78 Å². The van der Waals surface area contributed by atoms with Gasteiger partial charge in [0.15, 0.2) is 6.39 Å². The molecule has 0 aliphatic carbocycles. The number of halogens is 4. The molecule has 0 bridgehead atoms. The number of oxazole rings is 1. The summed E-state index contributed by atoms with van der Waals surface area (Å²) >= 11 is 0. The molecule has 1 heterocycles. The zero-order valence-electron chi connectivity index (χ0n) is 8.91. The Bertz CT molecular complexity index is 360. The van der Waals surface area contributed by atoms with Gasteiger partial charge in [0.05, 0.1) is 18.8 Å². The van der Waals surface area contributed by atoms with E-state index in [9.17, 15) is 13.6 Å². The number of nitrogens with zero attached hydrogens (tertiary/aromatic N) is 1. The molecule has 0 saturated carbocycles. The molecule has 1 aromatic heterocycles. The fourth-order valence-electron chi connectivity index (χ4n) is 0.882. The lowest BCUT2D eigenvalue weighted by Crippen LogP contribution is -2.41. The van der Waals surface area contributed by atoms with Crippen LogP contribution in [0.2, 0.25) is 0 Å². The van der Waals surface area contributed by atoms with Gasteiger partial charge in [0.2, 0.25) is 5.76 Å². The third-order valence-corrected chi connectivity index (χ3v) is 1.76. The van der Waals surface area contributed by atoms with Crippen LogP contribution in [0.25, 0.3) is 0 Å². The third-order valence-electron chi connectivity index (χ3n) is 1.76. The minimum absolute atomic E-state index is 0. The molecule has 5 nitrogen and oxygen atoms in total. The molecule has 0 spiro atoms. The molecule has 0 aromatic carbocycles. The zero-order valence-corrected chi connectivity index (χ0v) is 10.5. The molecule has 0 atom stereocenters. The minimum atomic E-state index is -3.11. The van der Waals surface area contributed by atoms with Crippen molar-refractivity contribution < 1.29 is 18.0 Å². The van der Waals surface area contributed by atoms with Crippen LogP contribution in [0, 0.1) is 6.92 Å². The summed E-state index contributed by atoms with van der Waals surface area (Å²) < 4.78 is 30.1. The van der Waals surface area contributed by atoms with Gasteiger partial charge >= 0.3 is 0 Å². The molecule has 0 aliphatic heterocycles. The predicted octanol–water partition coefficient (Wildman–Crippen LogP) is 1.15. The van der Waals surface area contributed by atoms with Gasteiger partial charge < -0.3 is 15.5 Å². The SMILES string of the molecule is Cc1ncoc1C(=O)NCC(F)(F)CN.Cl.Cl. The summed E-state index contributed by atoms with van der Waals surface area (Å²) in [5, 5.41) is 2.01. The van der Waals surface area contributed by atoms with Gasteiger partial charge in [-0.15, -0.1) is 24.8 Å². The normalized spacial score (nSPS) is 10.1. The Morgan fingerprint density at radius 1 is 1.59 bits per heavy atom. The van der Waals surface area contributed by atoms with E-state index in [1.165, 1.54) is 0 Å². The average Bonchev–Trinajstić information content (AvgIpc) is 2.61. The van der Waals surface area contributed by atoms with Gasteiger partial charge in [-0.05, 0) is 6.92 Å². The summed E-state index contributed by atoms with van der Waals surface area (Å²) in [6, 6.07) is 0. The Morgan fingerprint density at radius 3 is 2.59 bits per heavy atom. The lowest BCUT2D eigenvalue weighted by molar-refractivity contribution is 0.0115. The maximum Gasteiger partial charge on any atom is 0.289 e. The van der Waals surface area contributed by atoms with E-state index in [0.29, 0.717) is 5.69 Å². The Labute approximate surface area is 109 Å². The van der Waals surface area contributed by atoms with Crippen molar-refractivity contribution in [3.05, 3.63) is 17.8 Å². The van der Waals surface area contributed by atoms with E-state index in [0.717, 1.165) is 6.39 Å². The molecule has 0 aliphatic rings. The number of nitrogens with two attached hydrogens (primary N) is 1. The van der Waals surface area contributed by atoms with Crippen LogP contribution in [0.15, 0.2) is 10.8 Å². The van der Waals surface area contributed by atoms with Gasteiger partial charge in [0.1, 0.15) is 0 Å². The van der Waals surface area contributed by atoms with Gasteiger partial charge in [-0.2, -0.15) is 0 Å². The maximum absolute atomic E-state index is 12.7. The van der Waals surface area contributed by atoms with Crippen molar-refractivity contribution in [2.24, 2.45) is 5.73 Å². The van der Waals surface area contributed by atoms with Crippen LogP contribution in [-0.4, -0.2) is 29.9 Å². The van der Waals surface area contributed by atoms with Crippen LogP contribution in [-0.2, 0) is 0 Å². The number of aryl methyl sites for hydroxylation is 1. The smallest absolute Gasteiger partial charge is 0.289 e. The van der Waals surface area contributed by atoms with Gasteiger partial charge in [-0.1, -0.05) is 0 Å². The van der Waals surface area contributed by atoms with Crippen LogP contribution in [0.3, 0.4) is 0 Å². The topological polar surface area (TPSA) is 81.2 Å². The highest BCUT2D eigenvalue weighted by atomic mass is 35.5. The van der Waals surface area contributed by atoms with Crippen LogP contribution >= 0.6 is 24.8 Å². The van der Waals surface area contributed by atoms with E-state index >= 15 is 0 Å². The van der Waals surface area contributed by atoms with Gasteiger partial charge in [-0.25, -0.2) is 13.8 Å². The van der Waals surface area contributed by atoms with E-state index in [1.54, 1.807) is 6.92 Å².